The number of likely N-dealkylation sites (tertiary alicyclic amines) is 1. The molecule has 19 heavy (non-hydrogen) atoms. The first kappa shape index (κ1) is 14.5. The number of amides is 1. The van der Waals surface area contributed by atoms with E-state index in [-0.39, 0.29) is 5.91 Å². The van der Waals surface area contributed by atoms with Crippen LogP contribution in [0.5, 0.6) is 0 Å². The van der Waals surface area contributed by atoms with Gasteiger partial charge in [-0.1, -0.05) is 18.6 Å². The molecule has 0 aromatic heterocycles. The monoisotopic (exact) mass is 324 g/mol. The molecule has 0 radical (unpaired) electrons. The predicted octanol–water partition coefficient (Wildman–Crippen LogP) is 3.05. The molecule has 1 N–H and O–H groups in total. The Balaban J connectivity index is 1.68. The van der Waals surface area contributed by atoms with Gasteiger partial charge in [0.15, 0.2) is 0 Å². The van der Waals surface area contributed by atoms with Gasteiger partial charge in [0.1, 0.15) is 0 Å². The van der Waals surface area contributed by atoms with Crippen LogP contribution in [0.4, 0.5) is 0 Å². The van der Waals surface area contributed by atoms with E-state index in [1.165, 1.54) is 32.4 Å². The van der Waals surface area contributed by atoms with Crippen molar-refractivity contribution in [2.75, 3.05) is 26.2 Å². The number of hydrogen-bond donors (Lipinski definition) is 1. The molecule has 1 aromatic carbocycles. The van der Waals surface area contributed by atoms with Crippen LogP contribution in [0.15, 0.2) is 28.7 Å². The maximum Gasteiger partial charge on any atom is 0.252 e. The van der Waals surface area contributed by atoms with Crippen LogP contribution in [0.1, 0.15) is 36.0 Å². The molecule has 104 valence electrons. The zero-order valence-corrected chi connectivity index (χ0v) is 12.8. The fourth-order valence-corrected chi connectivity index (χ4v) is 2.89. The average molecular weight is 325 g/mol. The van der Waals surface area contributed by atoms with Gasteiger partial charge in [-0.15, -0.1) is 0 Å². The van der Waals surface area contributed by atoms with Gasteiger partial charge in [-0.05, 0) is 67.0 Å². The van der Waals surface area contributed by atoms with Crippen LogP contribution in [0.3, 0.4) is 0 Å². The number of benzene rings is 1. The van der Waals surface area contributed by atoms with Crippen LogP contribution < -0.4 is 5.32 Å². The normalized spacial score (nSPS) is 16.3. The minimum atomic E-state index is 0.00567. The number of nitrogens with zero attached hydrogens (tertiary/aromatic N) is 1. The molecule has 1 saturated heterocycles. The molecular weight excluding hydrogens is 304 g/mol. The lowest BCUT2D eigenvalue weighted by molar-refractivity contribution is 0.0950. The highest BCUT2D eigenvalue weighted by Crippen LogP contribution is 2.15. The van der Waals surface area contributed by atoms with Crippen LogP contribution in [0, 0.1) is 0 Å². The highest BCUT2D eigenvalue weighted by molar-refractivity contribution is 9.10. The molecule has 1 heterocycles. The summed E-state index contributed by atoms with van der Waals surface area (Å²) in [6.07, 6.45) is 5.04. The number of nitrogens with one attached hydrogen (secondary N) is 1. The molecule has 4 heteroatoms. The lowest BCUT2D eigenvalue weighted by Crippen LogP contribution is -2.33. The smallest absolute Gasteiger partial charge is 0.252 e. The van der Waals surface area contributed by atoms with E-state index in [9.17, 15) is 4.79 Å². The molecule has 0 bridgehead atoms. The summed E-state index contributed by atoms with van der Waals surface area (Å²) in [5, 5.41) is 2.98. The Bertz CT molecular complexity index is 416. The van der Waals surface area contributed by atoms with E-state index in [1.54, 1.807) is 0 Å². The molecule has 1 aliphatic heterocycles. The van der Waals surface area contributed by atoms with E-state index < -0.39 is 0 Å². The van der Waals surface area contributed by atoms with Gasteiger partial charge >= 0.3 is 0 Å². The number of carbonyl (C=O) groups is 1. The van der Waals surface area contributed by atoms with Gasteiger partial charge in [-0.3, -0.25) is 4.79 Å². The molecule has 0 atom stereocenters. The minimum absolute atomic E-state index is 0.00567. The minimum Gasteiger partial charge on any atom is -0.352 e. The topological polar surface area (TPSA) is 32.3 Å². The lowest BCUT2D eigenvalue weighted by atomic mass is 10.1. The number of carbonyl (C=O) groups excluding carboxylic acids is 1. The third-order valence-electron chi connectivity index (χ3n) is 3.50. The summed E-state index contributed by atoms with van der Waals surface area (Å²) in [4.78, 5) is 14.5. The van der Waals surface area contributed by atoms with Gasteiger partial charge in [0.2, 0.25) is 0 Å². The molecule has 2 rings (SSSR count). The van der Waals surface area contributed by atoms with Crippen LogP contribution >= 0.6 is 15.9 Å². The fraction of sp³-hybridized carbons (Fsp3) is 0.533. The second-order valence-corrected chi connectivity index (χ2v) is 5.85. The van der Waals surface area contributed by atoms with Crippen molar-refractivity contribution < 1.29 is 4.79 Å². The van der Waals surface area contributed by atoms with Gasteiger partial charge < -0.3 is 10.2 Å². The largest absolute Gasteiger partial charge is 0.352 e. The van der Waals surface area contributed by atoms with Crippen molar-refractivity contribution >= 4 is 21.8 Å². The summed E-state index contributed by atoms with van der Waals surface area (Å²) in [5.41, 5.74) is 0.709. The third-order valence-corrected chi connectivity index (χ3v) is 4.20. The summed E-state index contributed by atoms with van der Waals surface area (Å²) in [7, 11) is 0. The molecule has 1 fully saturated rings. The van der Waals surface area contributed by atoms with Crippen LogP contribution in [0.2, 0.25) is 0 Å². The summed E-state index contributed by atoms with van der Waals surface area (Å²) in [6.45, 7) is 4.28. The van der Waals surface area contributed by atoms with Gasteiger partial charge in [0, 0.05) is 11.0 Å². The lowest BCUT2D eigenvalue weighted by Gasteiger charge is -2.26. The molecular formula is C15H21BrN2O. The third kappa shape index (κ3) is 4.62. The Labute approximate surface area is 123 Å². The van der Waals surface area contributed by atoms with Crippen LogP contribution in [-0.4, -0.2) is 37.0 Å². The molecule has 0 aliphatic carbocycles. The van der Waals surface area contributed by atoms with Gasteiger partial charge in [-0.25, -0.2) is 0 Å². The molecule has 0 saturated carbocycles. The Morgan fingerprint density at radius 2 is 1.95 bits per heavy atom. The van der Waals surface area contributed by atoms with Crippen molar-refractivity contribution in [2.45, 2.75) is 25.7 Å². The average Bonchev–Trinajstić information content (AvgIpc) is 2.45. The summed E-state index contributed by atoms with van der Waals surface area (Å²) in [5.74, 6) is 0.00567. The van der Waals surface area contributed by atoms with Crippen molar-refractivity contribution in [2.24, 2.45) is 0 Å². The molecule has 1 aromatic rings. The SMILES string of the molecule is O=C(NCCCN1CCCCC1)c1ccccc1Br. The summed E-state index contributed by atoms with van der Waals surface area (Å²) < 4.78 is 0.850. The highest BCUT2D eigenvalue weighted by atomic mass is 79.9. The van der Waals surface area contributed by atoms with Gasteiger partial charge in [0.05, 0.1) is 5.56 Å². The van der Waals surface area contributed by atoms with Gasteiger partial charge in [0.25, 0.3) is 5.91 Å². The Morgan fingerprint density at radius 3 is 2.68 bits per heavy atom. The molecule has 1 aliphatic rings. The van der Waals surface area contributed by atoms with Crippen molar-refractivity contribution in [3.63, 3.8) is 0 Å². The van der Waals surface area contributed by atoms with Crippen molar-refractivity contribution in [3.8, 4) is 0 Å². The van der Waals surface area contributed by atoms with Crippen LogP contribution in [-0.2, 0) is 0 Å². The van der Waals surface area contributed by atoms with E-state index in [1.807, 2.05) is 24.3 Å². The van der Waals surface area contributed by atoms with Crippen molar-refractivity contribution in [1.29, 1.82) is 0 Å². The maximum absolute atomic E-state index is 12.0. The Morgan fingerprint density at radius 1 is 1.21 bits per heavy atom. The first-order chi connectivity index (χ1) is 9.27. The predicted molar refractivity (Wildman–Crippen MR) is 81.4 cm³/mol. The Hall–Kier alpha value is -0.870. The second kappa shape index (κ2) is 7.65. The maximum atomic E-state index is 12.0. The zero-order valence-electron chi connectivity index (χ0n) is 11.2. The van der Waals surface area contributed by atoms with Crippen molar-refractivity contribution in [1.82, 2.24) is 10.2 Å². The molecule has 0 unspecified atom stereocenters. The van der Waals surface area contributed by atoms with Crippen LogP contribution in [0.25, 0.3) is 0 Å². The zero-order chi connectivity index (χ0) is 13.5. The van der Waals surface area contributed by atoms with E-state index in [2.05, 4.69) is 26.1 Å². The molecule has 3 nitrogen and oxygen atoms in total. The van der Waals surface area contributed by atoms with E-state index in [4.69, 9.17) is 0 Å². The second-order valence-electron chi connectivity index (χ2n) is 4.99. The molecule has 0 spiro atoms. The number of hydrogen-bond acceptors (Lipinski definition) is 2. The molecule has 1 amide bonds. The quantitative estimate of drug-likeness (QED) is 0.844. The van der Waals surface area contributed by atoms with E-state index >= 15 is 0 Å². The first-order valence-electron chi connectivity index (χ1n) is 7.02. The number of piperidine rings is 1. The summed E-state index contributed by atoms with van der Waals surface area (Å²) in [6, 6.07) is 7.53. The highest BCUT2D eigenvalue weighted by Gasteiger charge is 2.10. The standard InChI is InChI=1S/C15H21BrN2O/c16-14-8-3-2-7-13(14)15(19)17-9-6-12-18-10-4-1-5-11-18/h2-3,7-8H,1,4-6,9-12H2,(H,17,19). The van der Waals surface area contributed by atoms with E-state index in [0.29, 0.717) is 5.56 Å². The number of rotatable bonds is 5. The first-order valence-corrected chi connectivity index (χ1v) is 7.82. The van der Waals surface area contributed by atoms with Gasteiger partial charge in [-0.2, -0.15) is 0 Å². The summed E-state index contributed by atoms with van der Waals surface area (Å²) >= 11 is 3.40. The number of halogens is 1. The Kier molecular flexibility index (Phi) is 5.86. The fourth-order valence-electron chi connectivity index (χ4n) is 2.43. The van der Waals surface area contributed by atoms with E-state index in [0.717, 1.165) is 24.0 Å². The van der Waals surface area contributed by atoms with Crippen molar-refractivity contribution in [3.05, 3.63) is 34.3 Å².